The molecule has 0 unspecified atom stereocenters. The van der Waals surface area contributed by atoms with E-state index in [2.05, 4.69) is 37.2 Å². The summed E-state index contributed by atoms with van der Waals surface area (Å²) in [4.78, 5) is 25.3. The van der Waals surface area contributed by atoms with Crippen LogP contribution in [0.2, 0.25) is 5.15 Å². The molecule has 148 valence electrons. The lowest BCUT2D eigenvalue weighted by Crippen LogP contribution is -2.49. The molecule has 6 nitrogen and oxygen atoms in total. The van der Waals surface area contributed by atoms with E-state index >= 15 is 0 Å². The fraction of sp³-hybridized carbons (Fsp3) is 0.476. The third-order valence-electron chi connectivity index (χ3n) is 5.35. The van der Waals surface area contributed by atoms with Crippen LogP contribution in [-0.4, -0.2) is 60.0 Å². The van der Waals surface area contributed by atoms with Gasteiger partial charge >= 0.3 is 0 Å². The first-order valence-corrected chi connectivity index (χ1v) is 10.4. The van der Waals surface area contributed by atoms with Gasteiger partial charge < -0.3 is 10.2 Å². The Morgan fingerprint density at radius 2 is 2.00 bits per heavy atom. The number of rotatable bonds is 6. The van der Waals surface area contributed by atoms with Crippen LogP contribution < -0.4 is 10.2 Å². The molecule has 1 saturated heterocycles. The van der Waals surface area contributed by atoms with Crippen molar-refractivity contribution in [2.75, 3.05) is 44.2 Å². The summed E-state index contributed by atoms with van der Waals surface area (Å²) in [6.45, 7) is 6.55. The predicted molar refractivity (Wildman–Crippen MR) is 112 cm³/mol. The number of carbonyl (C=O) groups is 1. The first-order chi connectivity index (χ1) is 13.6. The van der Waals surface area contributed by atoms with Crippen molar-refractivity contribution >= 4 is 23.3 Å². The Hall–Kier alpha value is -2.18. The number of pyridine rings is 2. The van der Waals surface area contributed by atoms with Crippen LogP contribution in [0.25, 0.3) is 11.3 Å². The van der Waals surface area contributed by atoms with Crippen LogP contribution in [0, 0.1) is 0 Å². The van der Waals surface area contributed by atoms with Gasteiger partial charge in [0.1, 0.15) is 11.0 Å². The molecule has 2 aromatic rings. The number of likely N-dealkylation sites (N-methyl/N-ethyl adjacent to an activating group) is 1. The molecule has 1 aliphatic heterocycles. The lowest BCUT2D eigenvalue weighted by Gasteiger charge is -2.35. The first-order valence-electron chi connectivity index (χ1n) is 10.0. The van der Waals surface area contributed by atoms with Gasteiger partial charge in [-0.2, -0.15) is 0 Å². The molecule has 3 heterocycles. The highest BCUT2D eigenvalue weighted by Crippen LogP contribution is 2.41. The highest BCUT2D eigenvalue weighted by molar-refractivity contribution is 6.29. The molecule has 1 amide bonds. The summed E-state index contributed by atoms with van der Waals surface area (Å²) in [7, 11) is 0. The predicted octanol–water partition coefficient (Wildman–Crippen LogP) is 2.93. The standard InChI is InChI=1S/C21H26ClN5O/c1-2-23-21(28)14-26-7-9-27(10-8-26)20-6-5-16(13-24-20)18-11-17(15-3-4-15)12-19(22)25-18/h5-6,11-13,15H,2-4,7-10,14H2,1H3,(H,23,28). The molecule has 1 aliphatic carbocycles. The first kappa shape index (κ1) is 19.2. The van der Waals surface area contributed by atoms with Gasteiger partial charge in [0.25, 0.3) is 0 Å². The van der Waals surface area contributed by atoms with Crippen molar-refractivity contribution in [1.82, 2.24) is 20.2 Å². The molecule has 28 heavy (non-hydrogen) atoms. The number of halogens is 1. The zero-order chi connectivity index (χ0) is 19.5. The van der Waals surface area contributed by atoms with Crippen LogP contribution in [0.5, 0.6) is 0 Å². The van der Waals surface area contributed by atoms with E-state index in [0.29, 0.717) is 24.2 Å². The molecule has 7 heteroatoms. The number of nitrogens with zero attached hydrogens (tertiary/aromatic N) is 4. The fourth-order valence-corrected chi connectivity index (χ4v) is 3.85. The van der Waals surface area contributed by atoms with Gasteiger partial charge in [-0.15, -0.1) is 0 Å². The molecule has 2 fully saturated rings. The summed E-state index contributed by atoms with van der Waals surface area (Å²) in [6.07, 6.45) is 4.36. The molecular weight excluding hydrogens is 374 g/mol. The van der Waals surface area contributed by atoms with Crippen LogP contribution in [0.15, 0.2) is 30.5 Å². The summed E-state index contributed by atoms with van der Waals surface area (Å²) >= 11 is 6.22. The normalized spacial score (nSPS) is 17.6. The lowest BCUT2D eigenvalue weighted by molar-refractivity contribution is -0.122. The van der Waals surface area contributed by atoms with Crippen molar-refractivity contribution in [3.63, 3.8) is 0 Å². The number of aromatic nitrogens is 2. The van der Waals surface area contributed by atoms with Crippen molar-refractivity contribution in [2.45, 2.75) is 25.7 Å². The second kappa shape index (κ2) is 8.45. The maximum Gasteiger partial charge on any atom is 0.234 e. The minimum atomic E-state index is 0.0954. The lowest BCUT2D eigenvalue weighted by atomic mass is 10.1. The third kappa shape index (κ3) is 4.62. The summed E-state index contributed by atoms with van der Waals surface area (Å²) in [5, 5.41) is 3.40. The molecule has 0 atom stereocenters. The monoisotopic (exact) mass is 399 g/mol. The maximum absolute atomic E-state index is 11.7. The zero-order valence-corrected chi connectivity index (χ0v) is 17.0. The van der Waals surface area contributed by atoms with Gasteiger partial charge in [-0.1, -0.05) is 11.6 Å². The van der Waals surface area contributed by atoms with Crippen molar-refractivity contribution < 1.29 is 4.79 Å². The Bertz CT molecular complexity index is 829. The van der Waals surface area contributed by atoms with E-state index in [9.17, 15) is 4.79 Å². The Balaban J connectivity index is 1.38. The average molecular weight is 400 g/mol. The van der Waals surface area contributed by atoms with E-state index in [-0.39, 0.29) is 5.91 Å². The van der Waals surface area contributed by atoms with E-state index in [1.54, 1.807) is 0 Å². The minimum Gasteiger partial charge on any atom is -0.355 e. The quantitative estimate of drug-likeness (QED) is 0.757. The molecule has 0 bridgehead atoms. The number of piperazine rings is 1. The molecule has 2 aromatic heterocycles. The number of amides is 1. The molecule has 0 aromatic carbocycles. The molecule has 2 aliphatic rings. The van der Waals surface area contributed by atoms with Crippen LogP contribution in [0.1, 0.15) is 31.2 Å². The minimum absolute atomic E-state index is 0.0954. The number of hydrogen-bond donors (Lipinski definition) is 1. The third-order valence-corrected chi connectivity index (χ3v) is 5.54. The highest BCUT2D eigenvalue weighted by Gasteiger charge is 2.25. The zero-order valence-electron chi connectivity index (χ0n) is 16.2. The SMILES string of the molecule is CCNC(=O)CN1CCN(c2ccc(-c3cc(C4CC4)cc(Cl)n3)cn2)CC1. The second-order valence-corrected chi connectivity index (χ2v) is 7.89. The molecule has 4 rings (SSSR count). The van der Waals surface area contributed by atoms with Crippen LogP contribution in [0.3, 0.4) is 0 Å². The van der Waals surface area contributed by atoms with E-state index in [4.69, 9.17) is 11.6 Å². The van der Waals surface area contributed by atoms with Crippen molar-refractivity contribution in [2.24, 2.45) is 0 Å². The van der Waals surface area contributed by atoms with Gasteiger partial charge in [-0.3, -0.25) is 9.69 Å². The Morgan fingerprint density at radius 1 is 1.21 bits per heavy atom. The topological polar surface area (TPSA) is 61.4 Å². The smallest absolute Gasteiger partial charge is 0.234 e. The van der Waals surface area contributed by atoms with Crippen LogP contribution in [0.4, 0.5) is 5.82 Å². The molecule has 1 saturated carbocycles. The summed E-state index contributed by atoms with van der Waals surface area (Å²) in [5.74, 6) is 1.70. The van der Waals surface area contributed by atoms with Crippen molar-refractivity contribution in [3.8, 4) is 11.3 Å². The number of carbonyl (C=O) groups excluding carboxylic acids is 1. The van der Waals surface area contributed by atoms with Gasteiger partial charge in [0.15, 0.2) is 0 Å². The van der Waals surface area contributed by atoms with Gasteiger partial charge in [-0.25, -0.2) is 9.97 Å². The van der Waals surface area contributed by atoms with Gasteiger partial charge in [0.05, 0.1) is 12.2 Å². The Kier molecular flexibility index (Phi) is 5.78. The summed E-state index contributed by atoms with van der Waals surface area (Å²) < 4.78 is 0. The van der Waals surface area contributed by atoms with E-state index in [1.165, 1.54) is 18.4 Å². The highest BCUT2D eigenvalue weighted by atomic mass is 35.5. The number of anilines is 1. The van der Waals surface area contributed by atoms with E-state index in [0.717, 1.165) is 43.3 Å². The molecule has 0 spiro atoms. The number of nitrogens with one attached hydrogen (secondary N) is 1. The van der Waals surface area contributed by atoms with Gasteiger partial charge in [-0.05, 0) is 55.5 Å². The molecule has 1 N–H and O–H groups in total. The van der Waals surface area contributed by atoms with Crippen LogP contribution >= 0.6 is 11.6 Å². The van der Waals surface area contributed by atoms with Gasteiger partial charge in [0, 0.05) is 44.5 Å². The Morgan fingerprint density at radius 3 is 2.64 bits per heavy atom. The molecule has 0 radical (unpaired) electrons. The van der Waals surface area contributed by atoms with Gasteiger partial charge in [0.2, 0.25) is 5.91 Å². The van der Waals surface area contributed by atoms with E-state index in [1.807, 2.05) is 25.3 Å². The fourth-order valence-electron chi connectivity index (χ4n) is 3.63. The molecular formula is C21H26ClN5O. The van der Waals surface area contributed by atoms with Crippen molar-refractivity contribution in [3.05, 3.63) is 41.2 Å². The maximum atomic E-state index is 11.7. The largest absolute Gasteiger partial charge is 0.355 e. The second-order valence-electron chi connectivity index (χ2n) is 7.50. The van der Waals surface area contributed by atoms with Crippen molar-refractivity contribution in [1.29, 1.82) is 0 Å². The Labute approximate surface area is 170 Å². The van der Waals surface area contributed by atoms with E-state index < -0.39 is 0 Å². The number of hydrogen-bond acceptors (Lipinski definition) is 5. The van der Waals surface area contributed by atoms with Crippen LogP contribution in [-0.2, 0) is 4.79 Å². The average Bonchev–Trinajstić information content (AvgIpc) is 3.54. The summed E-state index contributed by atoms with van der Waals surface area (Å²) in [6, 6.07) is 8.23. The summed E-state index contributed by atoms with van der Waals surface area (Å²) in [5.41, 5.74) is 3.16.